The summed E-state index contributed by atoms with van der Waals surface area (Å²) in [6.07, 6.45) is 0. The molecule has 0 bridgehead atoms. The van der Waals surface area contributed by atoms with E-state index in [1.165, 1.54) is 0 Å². The molecule has 4 nitrogen and oxygen atoms in total. The molecular formula is C16H16ClNO3. The molecule has 1 N–H and O–H groups in total. The smallest absolute Gasteiger partial charge is 0.231 e. The van der Waals surface area contributed by atoms with Gasteiger partial charge in [0.25, 0.3) is 0 Å². The van der Waals surface area contributed by atoms with E-state index in [0.717, 1.165) is 11.3 Å². The SMILES string of the molecule is CNC(C)c1ccc(Oc2ccc3c(c2)OCO3)c(Cl)c1. The number of halogens is 1. The number of rotatable bonds is 4. The third-order valence-corrected chi connectivity index (χ3v) is 3.76. The summed E-state index contributed by atoms with van der Waals surface area (Å²) in [5.74, 6) is 2.69. The second-order valence-electron chi connectivity index (χ2n) is 4.82. The summed E-state index contributed by atoms with van der Waals surface area (Å²) in [6, 6.07) is 11.5. The lowest BCUT2D eigenvalue weighted by atomic mass is 10.1. The Morgan fingerprint density at radius 1 is 1.14 bits per heavy atom. The molecule has 1 atom stereocenters. The van der Waals surface area contributed by atoms with E-state index in [0.29, 0.717) is 22.3 Å². The van der Waals surface area contributed by atoms with Gasteiger partial charge in [-0.1, -0.05) is 17.7 Å². The zero-order valence-corrected chi connectivity index (χ0v) is 12.6. The van der Waals surface area contributed by atoms with Crippen molar-refractivity contribution in [2.45, 2.75) is 13.0 Å². The van der Waals surface area contributed by atoms with Crippen LogP contribution in [0.1, 0.15) is 18.5 Å². The lowest BCUT2D eigenvalue weighted by Gasteiger charge is -2.13. The Balaban J connectivity index is 1.81. The zero-order chi connectivity index (χ0) is 14.8. The van der Waals surface area contributed by atoms with Crippen molar-refractivity contribution in [1.82, 2.24) is 5.32 Å². The molecule has 0 aromatic heterocycles. The molecule has 21 heavy (non-hydrogen) atoms. The molecule has 0 spiro atoms. The fraction of sp³-hybridized carbons (Fsp3) is 0.250. The van der Waals surface area contributed by atoms with E-state index in [1.54, 1.807) is 6.07 Å². The van der Waals surface area contributed by atoms with Crippen molar-refractivity contribution >= 4 is 11.6 Å². The van der Waals surface area contributed by atoms with Gasteiger partial charge in [0.1, 0.15) is 11.5 Å². The van der Waals surface area contributed by atoms with Crippen LogP contribution in [0.15, 0.2) is 36.4 Å². The molecule has 2 aromatic carbocycles. The average molecular weight is 306 g/mol. The first-order valence-corrected chi connectivity index (χ1v) is 7.09. The summed E-state index contributed by atoms with van der Waals surface area (Å²) < 4.78 is 16.4. The Kier molecular flexibility index (Phi) is 3.90. The summed E-state index contributed by atoms with van der Waals surface area (Å²) in [6.45, 7) is 2.32. The van der Waals surface area contributed by atoms with E-state index < -0.39 is 0 Å². The van der Waals surface area contributed by atoms with E-state index >= 15 is 0 Å². The van der Waals surface area contributed by atoms with Gasteiger partial charge in [0.15, 0.2) is 11.5 Å². The predicted molar refractivity (Wildman–Crippen MR) is 81.6 cm³/mol. The maximum Gasteiger partial charge on any atom is 0.231 e. The Labute approximate surface area is 128 Å². The van der Waals surface area contributed by atoms with Crippen molar-refractivity contribution in [2.24, 2.45) is 0 Å². The molecule has 1 heterocycles. The quantitative estimate of drug-likeness (QED) is 0.921. The van der Waals surface area contributed by atoms with Gasteiger partial charge in [0, 0.05) is 12.1 Å². The van der Waals surface area contributed by atoms with Gasteiger partial charge in [-0.25, -0.2) is 0 Å². The minimum Gasteiger partial charge on any atom is -0.456 e. The van der Waals surface area contributed by atoms with E-state index in [-0.39, 0.29) is 12.8 Å². The van der Waals surface area contributed by atoms with Gasteiger partial charge in [0.05, 0.1) is 5.02 Å². The lowest BCUT2D eigenvalue weighted by molar-refractivity contribution is 0.174. The van der Waals surface area contributed by atoms with E-state index in [2.05, 4.69) is 12.2 Å². The van der Waals surface area contributed by atoms with Gasteiger partial charge in [-0.05, 0) is 43.8 Å². The number of benzene rings is 2. The van der Waals surface area contributed by atoms with E-state index in [9.17, 15) is 0 Å². The highest BCUT2D eigenvalue weighted by molar-refractivity contribution is 6.32. The van der Waals surface area contributed by atoms with Crippen LogP contribution in [0, 0.1) is 0 Å². The fourth-order valence-electron chi connectivity index (χ4n) is 2.10. The molecule has 2 aromatic rings. The zero-order valence-electron chi connectivity index (χ0n) is 11.9. The molecule has 0 aliphatic carbocycles. The first-order chi connectivity index (χ1) is 10.2. The van der Waals surface area contributed by atoms with E-state index in [1.807, 2.05) is 37.4 Å². The molecule has 1 aliphatic heterocycles. The van der Waals surface area contributed by atoms with Crippen molar-refractivity contribution in [3.63, 3.8) is 0 Å². The monoisotopic (exact) mass is 305 g/mol. The van der Waals surface area contributed by atoms with Crippen LogP contribution in [0.2, 0.25) is 5.02 Å². The molecule has 0 amide bonds. The molecule has 1 unspecified atom stereocenters. The van der Waals surface area contributed by atoms with Gasteiger partial charge in [0.2, 0.25) is 6.79 Å². The highest BCUT2D eigenvalue weighted by Crippen LogP contribution is 2.38. The maximum atomic E-state index is 6.29. The first-order valence-electron chi connectivity index (χ1n) is 6.71. The fourth-order valence-corrected chi connectivity index (χ4v) is 2.33. The second kappa shape index (κ2) is 5.84. The van der Waals surface area contributed by atoms with Crippen LogP contribution >= 0.6 is 11.6 Å². The molecule has 1 aliphatic rings. The van der Waals surface area contributed by atoms with Crippen LogP contribution in [0.4, 0.5) is 0 Å². The van der Waals surface area contributed by atoms with Gasteiger partial charge in [-0.3, -0.25) is 0 Å². The molecule has 0 radical (unpaired) electrons. The molecule has 0 fully saturated rings. The molecule has 5 heteroatoms. The molecule has 0 saturated heterocycles. The largest absolute Gasteiger partial charge is 0.456 e. The number of hydrogen-bond acceptors (Lipinski definition) is 4. The Morgan fingerprint density at radius 3 is 2.71 bits per heavy atom. The van der Waals surface area contributed by atoms with E-state index in [4.69, 9.17) is 25.8 Å². The van der Waals surface area contributed by atoms with Crippen molar-refractivity contribution in [2.75, 3.05) is 13.8 Å². The van der Waals surface area contributed by atoms with Crippen molar-refractivity contribution in [3.8, 4) is 23.0 Å². The van der Waals surface area contributed by atoms with Gasteiger partial charge < -0.3 is 19.5 Å². The summed E-state index contributed by atoms with van der Waals surface area (Å²) in [5.41, 5.74) is 1.11. The van der Waals surface area contributed by atoms with Gasteiger partial charge >= 0.3 is 0 Å². The minimum atomic E-state index is 0.238. The Bertz CT molecular complexity index is 660. The summed E-state index contributed by atoms with van der Waals surface area (Å²) in [4.78, 5) is 0. The minimum absolute atomic E-state index is 0.238. The molecule has 0 saturated carbocycles. The number of nitrogens with one attached hydrogen (secondary N) is 1. The Morgan fingerprint density at radius 2 is 1.95 bits per heavy atom. The standard InChI is InChI=1S/C16H16ClNO3/c1-10(18-2)11-3-5-14(13(17)7-11)21-12-4-6-15-16(8-12)20-9-19-15/h3-8,10,18H,9H2,1-2H3. The first kappa shape index (κ1) is 14.0. The number of fused-ring (bicyclic) bond motifs is 1. The maximum absolute atomic E-state index is 6.29. The third-order valence-electron chi connectivity index (χ3n) is 3.46. The number of hydrogen-bond donors (Lipinski definition) is 1. The van der Waals surface area contributed by atoms with Crippen LogP contribution < -0.4 is 19.5 Å². The van der Waals surface area contributed by atoms with Crippen LogP contribution in [0.3, 0.4) is 0 Å². The third kappa shape index (κ3) is 2.91. The summed E-state index contributed by atoms with van der Waals surface area (Å²) in [5, 5.41) is 3.75. The van der Waals surface area contributed by atoms with Crippen LogP contribution in [-0.2, 0) is 0 Å². The van der Waals surface area contributed by atoms with Gasteiger partial charge in [-0.2, -0.15) is 0 Å². The molecule has 3 rings (SSSR count). The summed E-state index contributed by atoms with van der Waals surface area (Å²) in [7, 11) is 1.91. The van der Waals surface area contributed by atoms with Crippen molar-refractivity contribution < 1.29 is 14.2 Å². The van der Waals surface area contributed by atoms with Crippen LogP contribution in [-0.4, -0.2) is 13.8 Å². The Hall–Kier alpha value is -1.91. The van der Waals surface area contributed by atoms with Crippen LogP contribution in [0.5, 0.6) is 23.0 Å². The predicted octanol–water partition coefficient (Wildman–Crippen LogP) is 4.14. The lowest BCUT2D eigenvalue weighted by Crippen LogP contribution is -2.12. The highest BCUT2D eigenvalue weighted by Gasteiger charge is 2.15. The second-order valence-corrected chi connectivity index (χ2v) is 5.22. The topological polar surface area (TPSA) is 39.7 Å². The number of ether oxygens (including phenoxy) is 3. The molecular weight excluding hydrogens is 290 g/mol. The highest BCUT2D eigenvalue weighted by atomic mass is 35.5. The normalized spacial score (nSPS) is 14.0. The van der Waals surface area contributed by atoms with Crippen LogP contribution in [0.25, 0.3) is 0 Å². The van der Waals surface area contributed by atoms with Gasteiger partial charge in [-0.15, -0.1) is 0 Å². The van der Waals surface area contributed by atoms with Crippen molar-refractivity contribution in [1.29, 1.82) is 0 Å². The molecule has 110 valence electrons. The average Bonchev–Trinajstić information content (AvgIpc) is 2.96. The summed E-state index contributed by atoms with van der Waals surface area (Å²) >= 11 is 6.29. The van der Waals surface area contributed by atoms with Crippen molar-refractivity contribution in [3.05, 3.63) is 47.0 Å².